The van der Waals surface area contributed by atoms with Crippen molar-refractivity contribution in [2.75, 3.05) is 11.9 Å². The minimum Gasteiger partial charge on any atom is -0.484 e. The Bertz CT molecular complexity index is 811. The Morgan fingerprint density at radius 3 is 2.25 bits per heavy atom. The molecular weight excluding hydrogens is 420 g/mol. The van der Waals surface area contributed by atoms with Crippen LogP contribution in [0.1, 0.15) is 43.5 Å². The van der Waals surface area contributed by atoms with Gasteiger partial charge in [0, 0.05) is 27.8 Å². The highest BCUT2D eigenvalue weighted by molar-refractivity contribution is 9.10. The van der Waals surface area contributed by atoms with Gasteiger partial charge in [0.25, 0.3) is 11.8 Å². The first-order valence-corrected chi connectivity index (χ1v) is 10.3. The van der Waals surface area contributed by atoms with Crippen LogP contribution in [0.15, 0.2) is 53.0 Å². The first-order chi connectivity index (χ1) is 13.4. The van der Waals surface area contributed by atoms with E-state index in [-0.39, 0.29) is 30.5 Å². The number of nitrogens with zero attached hydrogens (tertiary/aromatic N) is 1. The molecule has 5 nitrogen and oxygen atoms in total. The number of likely N-dealkylation sites (tertiary alicyclic amines) is 1. The first-order valence-electron chi connectivity index (χ1n) is 9.55. The predicted octanol–water partition coefficient (Wildman–Crippen LogP) is 4.87. The van der Waals surface area contributed by atoms with Gasteiger partial charge in [0.05, 0.1) is 0 Å². The zero-order chi connectivity index (χ0) is 20.1. The highest BCUT2D eigenvalue weighted by atomic mass is 79.9. The minimum atomic E-state index is -0.194. The van der Waals surface area contributed by atoms with Crippen molar-refractivity contribution in [3.63, 3.8) is 0 Å². The van der Waals surface area contributed by atoms with Crippen LogP contribution >= 0.6 is 15.9 Å². The number of anilines is 1. The molecule has 1 N–H and O–H groups in total. The fraction of sp³-hybridized carbons (Fsp3) is 0.364. The van der Waals surface area contributed by atoms with Crippen molar-refractivity contribution in [1.82, 2.24) is 4.90 Å². The molecule has 0 unspecified atom stereocenters. The summed E-state index contributed by atoms with van der Waals surface area (Å²) >= 11 is 3.37. The summed E-state index contributed by atoms with van der Waals surface area (Å²) in [5.74, 6) is 0.392. The number of nitrogens with one attached hydrogen (secondary N) is 1. The number of rotatable bonds is 5. The molecule has 1 saturated heterocycles. The molecular formula is C22H25BrN2O3. The zero-order valence-corrected chi connectivity index (χ0v) is 17.7. The third kappa shape index (κ3) is 5.13. The van der Waals surface area contributed by atoms with E-state index in [1.807, 2.05) is 29.2 Å². The van der Waals surface area contributed by atoms with Crippen molar-refractivity contribution in [1.29, 1.82) is 0 Å². The van der Waals surface area contributed by atoms with E-state index in [2.05, 4.69) is 35.1 Å². The number of carbonyl (C=O) groups is 2. The molecule has 0 saturated carbocycles. The van der Waals surface area contributed by atoms with Crippen LogP contribution in [0.4, 0.5) is 5.69 Å². The second kappa shape index (κ2) is 9.24. The number of amides is 2. The van der Waals surface area contributed by atoms with Crippen LogP contribution < -0.4 is 10.1 Å². The molecule has 1 heterocycles. The van der Waals surface area contributed by atoms with Crippen molar-refractivity contribution in [2.45, 2.75) is 45.2 Å². The van der Waals surface area contributed by atoms with Gasteiger partial charge in [0.1, 0.15) is 5.75 Å². The molecule has 1 aliphatic rings. The van der Waals surface area contributed by atoms with Gasteiger partial charge in [-0.2, -0.15) is 0 Å². The van der Waals surface area contributed by atoms with Crippen LogP contribution in [0.2, 0.25) is 0 Å². The standard InChI is InChI=1S/C22H25BrN2O3/c1-15-4-3-5-16(2)25(15)21(26)14-28-20-12-6-17(7-13-20)22(27)24-19-10-8-18(23)9-11-19/h6-13,15-16H,3-5,14H2,1-2H3,(H,24,27)/t15-,16-/m0/s1. The van der Waals surface area contributed by atoms with E-state index in [9.17, 15) is 9.59 Å². The molecule has 148 valence electrons. The molecule has 0 aliphatic carbocycles. The second-order valence-corrected chi connectivity index (χ2v) is 8.12. The highest BCUT2D eigenvalue weighted by Gasteiger charge is 2.28. The Morgan fingerprint density at radius 1 is 1.04 bits per heavy atom. The number of hydrogen-bond acceptors (Lipinski definition) is 3. The van der Waals surface area contributed by atoms with Crippen LogP contribution in [0.3, 0.4) is 0 Å². The van der Waals surface area contributed by atoms with E-state index in [4.69, 9.17) is 4.74 Å². The van der Waals surface area contributed by atoms with Crippen molar-refractivity contribution < 1.29 is 14.3 Å². The molecule has 1 aliphatic heterocycles. The number of hydrogen-bond donors (Lipinski definition) is 1. The summed E-state index contributed by atoms with van der Waals surface area (Å²) in [6.07, 6.45) is 3.24. The topological polar surface area (TPSA) is 58.6 Å². The maximum Gasteiger partial charge on any atom is 0.260 e. The summed E-state index contributed by atoms with van der Waals surface area (Å²) in [5.41, 5.74) is 1.25. The Kier molecular flexibility index (Phi) is 6.73. The van der Waals surface area contributed by atoms with Gasteiger partial charge in [-0.25, -0.2) is 0 Å². The number of piperidine rings is 1. The third-order valence-electron chi connectivity index (χ3n) is 5.06. The van der Waals surface area contributed by atoms with Crippen LogP contribution in [0, 0.1) is 0 Å². The van der Waals surface area contributed by atoms with Gasteiger partial charge in [-0.05, 0) is 81.6 Å². The molecule has 2 atom stereocenters. The Hall–Kier alpha value is -2.34. The van der Waals surface area contributed by atoms with Crippen LogP contribution in [0.5, 0.6) is 5.75 Å². The van der Waals surface area contributed by atoms with Gasteiger partial charge in [0.15, 0.2) is 6.61 Å². The quantitative estimate of drug-likeness (QED) is 0.715. The minimum absolute atomic E-state index is 0.0109. The molecule has 1 fully saturated rings. The lowest BCUT2D eigenvalue weighted by Gasteiger charge is -2.38. The molecule has 28 heavy (non-hydrogen) atoms. The van der Waals surface area contributed by atoms with Crippen LogP contribution in [-0.4, -0.2) is 35.4 Å². The van der Waals surface area contributed by atoms with Gasteiger partial charge in [0.2, 0.25) is 0 Å². The lowest BCUT2D eigenvalue weighted by Crippen LogP contribution is -2.49. The maximum absolute atomic E-state index is 12.5. The largest absolute Gasteiger partial charge is 0.484 e. The summed E-state index contributed by atoms with van der Waals surface area (Å²) in [6, 6.07) is 14.7. The fourth-order valence-electron chi connectivity index (χ4n) is 3.57. The van der Waals surface area contributed by atoms with Gasteiger partial charge >= 0.3 is 0 Å². The molecule has 0 aromatic heterocycles. The third-order valence-corrected chi connectivity index (χ3v) is 5.59. The van der Waals surface area contributed by atoms with Gasteiger partial charge in [-0.1, -0.05) is 15.9 Å². The molecule has 2 aromatic carbocycles. The van der Waals surface area contributed by atoms with Gasteiger partial charge in [-0.15, -0.1) is 0 Å². The lowest BCUT2D eigenvalue weighted by molar-refractivity contribution is -0.139. The molecule has 3 rings (SSSR count). The molecule has 0 bridgehead atoms. The number of halogens is 1. The predicted molar refractivity (Wildman–Crippen MR) is 114 cm³/mol. The zero-order valence-electron chi connectivity index (χ0n) is 16.2. The molecule has 2 aromatic rings. The van der Waals surface area contributed by atoms with E-state index in [0.29, 0.717) is 11.3 Å². The number of carbonyl (C=O) groups excluding carboxylic acids is 2. The summed E-state index contributed by atoms with van der Waals surface area (Å²) in [7, 11) is 0. The normalized spacial score (nSPS) is 19.2. The monoisotopic (exact) mass is 444 g/mol. The van der Waals surface area contributed by atoms with Crippen LogP contribution in [0.25, 0.3) is 0 Å². The average molecular weight is 445 g/mol. The fourth-order valence-corrected chi connectivity index (χ4v) is 3.84. The summed E-state index contributed by atoms with van der Waals surface area (Å²) in [6.45, 7) is 4.19. The van der Waals surface area contributed by atoms with E-state index >= 15 is 0 Å². The van der Waals surface area contributed by atoms with E-state index in [1.165, 1.54) is 0 Å². The Balaban J connectivity index is 1.54. The molecule has 0 spiro atoms. The van der Waals surface area contributed by atoms with Gasteiger partial charge < -0.3 is 15.0 Å². The van der Waals surface area contributed by atoms with E-state index in [1.54, 1.807) is 24.3 Å². The van der Waals surface area contributed by atoms with Crippen LogP contribution in [-0.2, 0) is 4.79 Å². The Morgan fingerprint density at radius 2 is 1.64 bits per heavy atom. The summed E-state index contributed by atoms with van der Waals surface area (Å²) < 4.78 is 6.61. The second-order valence-electron chi connectivity index (χ2n) is 7.20. The smallest absolute Gasteiger partial charge is 0.260 e. The lowest BCUT2D eigenvalue weighted by atomic mass is 9.97. The van der Waals surface area contributed by atoms with Crippen molar-refractivity contribution in [3.05, 3.63) is 58.6 Å². The number of benzene rings is 2. The average Bonchev–Trinajstić information content (AvgIpc) is 2.68. The number of ether oxygens (including phenoxy) is 1. The first kappa shape index (κ1) is 20.4. The Labute approximate surface area is 174 Å². The SMILES string of the molecule is C[C@H]1CCC[C@H](C)N1C(=O)COc1ccc(C(=O)Nc2ccc(Br)cc2)cc1. The van der Waals surface area contributed by atoms with Crippen molar-refractivity contribution in [2.24, 2.45) is 0 Å². The summed E-state index contributed by atoms with van der Waals surface area (Å²) in [5, 5.41) is 2.85. The van der Waals surface area contributed by atoms with E-state index in [0.717, 1.165) is 29.4 Å². The molecule has 0 radical (unpaired) electrons. The maximum atomic E-state index is 12.5. The molecule has 2 amide bonds. The summed E-state index contributed by atoms with van der Waals surface area (Å²) in [4.78, 5) is 26.8. The van der Waals surface area contributed by atoms with Gasteiger partial charge in [-0.3, -0.25) is 9.59 Å². The van der Waals surface area contributed by atoms with Crippen molar-refractivity contribution >= 4 is 33.4 Å². The highest BCUT2D eigenvalue weighted by Crippen LogP contribution is 2.23. The van der Waals surface area contributed by atoms with Crippen molar-refractivity contribution in [3.8, 4) is 5.75 Å². The van der Waals surface area contributed by atoms with E-state index < -0.39 is 0 Å². The molecule has 6 heteroatoms.